The fourth-order valence-electron chi connectivity index (χ4n) is 1.78. The molecule has 0 spiro atoms. The molecule has 1 aromatic rings. The van der Waals surface area contributed by atoms with Gasteiger partial charge in [0, 0.05) is 32.3 Å². The van der Waals surface area contributed by atoms with E-state index in [1.807, 2.05) is 6.92 Å². The molecular formula is C14H22N2O5. The second kappa shape index (κ2) is 9.41. The first-order valence-electron chi connectivity index (χ1n) is 6.75. The van der Waals surface area contributed by atoms with Gasteiger partial charge in [-0.3, -0.25) is 10.1 Å². The number of hydrogen-bond donors (Lipinski definition) is 2. The van der Waals surface area contributed by atoms with Crippen LogP contribution in [0.15, 0.2) is 24.3 Å². The lowest BCUT2D eigenvalue weighted by Crippen LogP contribution is -2.32. The standard InChI is InChI=1S/C14H22N2O5/c1-11(9-20-2)21-10-14(17)8-15-7-12-4-3-5-13(6-12)16(18)19/h3-6,11,14-15,17H,7-10H2,1-2H3. The Morgan fingerprint density at radius 1 is 1.43 bits per heavy atom. The lowest BCUT2D eigenvalue weighted by Gasteiger charge is -2.16. The molecule has 0 saturated heterocycles. The van der Waals surface area contributed by atoms with E-state index in [0.29, 0.717) is 19.7 Å². The van der Waals surface area contributed by atoms with E-state index in [-0.39, 0.29) is 18.4 Å². The number of rotatable bonds is 10. The third-order valence-corrected chi connectivity index (χ3v) is 2.80. The van der Waals surface area contributed by atoms with Gasteiger partial charge < -0.3 is 19.9 Å². The molecule has 2 unspecified atom stereocenters. The van der Waals surface area contributed by atoms with Crippen molar-refractivity contribution >= 4 is 5.69 Å². The molecule has 0 saturated carbocycles. The van der Waals surface area contributed by atoms with Gasteiger partial charge >= 0.3 is 0 Å². The molecule has 0 aromatic heterocycles. The molecule has 0 aliphatic carbocycles. The first-order valence-corrected chi connectivity index (χ1v) is 6.75. The highest BCUT2D eigenvalue weighted by Gasteiger charge is 2.09. The minimum absolute atomic E-state index is 0.0616. The van der Waals surface area contributed by atoms with Gasteiger partial charge in [-0.1, -0.05) is 12.1 Å². The number of nitro benzene ring substituents is 1. The van der Waals surface area contributed by atoms with E-state index in [4.69, 9.17) is 9.47 Å². The number of nitrogens with zero attached hydrogens (tertiary/aromatic N) is 1. The van der Waals surface area contributed by atoms with Crippen molar-refractivity contribution in [3.05, 3.63) is 39.9 Å². The molecule has 0 fully saturated rings. The summed E-state index contributed by atoms with van der Waals surface area (Å²) in [7, 11) is 1.59. The van der Waals surface area contributed by atoms with Crippen molar-refractivity contribution in [3.63, 3.8) is 0 Å². The van der Waals surface area contributed by atoms with E-state index in [1.54, 1.807) is 19.2 Å². The SMILES string of the molecule is COCC(C)OCC(O)CNCc1cccc([N+](=O)[O-])c1. The number of nitrogens with one attached hydrogen (secondary N) is 1. The fraction of sp³-hybridized carbons (Fsp3) is 0.571. The molecule has 21 heavy (non-hydrogen) atoms. The summed E-state index contributed by atoms with van der Waals surface area (Å²) in [6, 6.07) is 6.39. The van der Waals surface area contributed by atoms with Crippen LogP contribution in [0.4, 0.5) is 5.69 Å². The first kappa shape index (κ1) is 17.5. The molecule has 2 atom stereocenters. The predicted molar refractivity (Wildman–Crippen MR) is 78.1 cm³/mol. The van der Waals surface area contributed by atoms with Gasteiger partial charge in [-0.05, 0) is 12.5 Å². The molecule has 1 aromatic carbocycles. The van der Waals surface area contributed by atoms with Gasteiger partial charge in [0.05, 0.1) is 30.3 Å². The van der Waals surface area contributed by atoms with Crippen molar-refractivity contribution in [1.82, 2.24) is 5.32 Å². The number of aliphatic hydroxyl groups excluding tert-OH is 1. The average Bonchev–Trinajstić information content (AvgIpc) is 2.46. The molecule has 7 heteroatoms. The van der Waals surface area contributed by atoms with Crippen LogP contribution in [0.25, 0.3) is 0 Å². The van der Waals surface area contributed by atoms with E-state index in [0.717, 1.165) is 5.56 Å². The number of nitro groups is 1. The van der Waals surface area contributed by atoms with Crippen LogP contribution in [0.3, 0.4) is 0 Å². The summed E-state index contributed by atoms with van der Waals surface area (Å²) in [5.41, 5.74) is 0.858. The fourth-order valence-corrected chi connectivity index (χ4v) is 1.78. The number of methoxy groups -OCH3 is 1. The maximum atomic E-state index is 10.7. The molecule has 2 N–H and O–H groups in total. The Morgan fingerprint density at radius 2 is 2.19 bits per heavy atom. The van der Waals surface area contributed by atoms with E-state index < -0.39 is 11.0 Å². The molecular weight excluding hydrogens is 276 g/mol. The third-order valence-electron chi connectivity index (χ3n) is 2.80. The van der Waals surface area contributed by atoms with Crippen molar-refractivity contribution < 1.29 is 19.5 Å². The van der Waals surface area contributed by atoms with Crippen LogP contribution in [-0.2, 0) is 16.0 Å². The summed E-state index contributed by atoms with van der Waals surface area (Å²) < 4.78 is 10.3. The smallest absolute Gasteiger partial charge is 0.269 e. The lowest BCUT2D eigenvalue weighted by molar-refractivity contribution is -0.384. The zero-order valence-corrected chi connectivity index (χ0v) is 12.3. The van der Waals surface area contributed by atoms with Gasteiger partial charge in [0.2, 0.25) is 0 Å². The Morgan fingerprint density at radius 3 is 2.86 bits per heavy atom. The van der Waals surface area contributed by atoms with E-state index in [2.05, 4.69) is 5.32 Å². The molecule has 0 heterocycles. The van der Waals surface area contributed by atoms with E-state index >= 15 is 0 Å². The first-order chi connectivity index (χ1) is 10.0. The molecule has 0 aliphatic rings. The van der Waals surface area contributed by atoms with Crippen LogP contribution < -0.4 is 5.32 Å². The van der Waals surface area contributed by atoms with Crippen LogP contribution >= 0.6 is 0 Å². The Hall–Kier alpha value is -1.54. The number of benzene rings is 1. The molecule has 118 valence electrons. The normalized spacial score (nSPS) is 13.9. The quantitative estimate of drug-likeness (QED) is 0.496. The van der Waals surface area contributed by atoms with Crippen molar-refractivity contribution in [1.29, 1.82) is 0 Å². The lowest BCUT2D eigenvalue weighted by atomic mass is 10.2. The summed E-state index contributed by atoms with van der Waals surface area (Å²) in [4.78, 5) is 10.2. The topological polar surface area (TPSA) is 93.9 Å². The predicted octanol–water partition coefficient (Wildman–Crippen LogP) is 1.10. The van der Waals surface area contributed by atoms with Gasteiger partial charge in [0.25, 0.3) is 5.69 Å². The van der Waals surface area contributed by atoms with Crippen LogP contribution in [0.1, 0.15) is 12.5 Å². The highest BCUT2D eigenvalue weighted by Crippen LogP contribution is 2.12. The largest absolute Gasteiger partial charge is 0.389 e. The van der Waals surface area contributed by atoms with Gasteiger partial charge in [-0.2, -0.15) is 0 Å². The van der Waals surface area contributed by atoms with E-state index in [9.17, 15) is 15.2 Å². The number of ether oxygens (including phenoxy) is 2. The van der Waals surface area contributed by atoms with Crippen LogP contribution in [0.2, 0.25) is 0 Å². The second-order valence-corrected chi connectivity index (χ2v) is 4.81. The second-order valence-electron chi connectivity index (χ2n) is 4.81. The molecule has 7 nitrogen and oxygen atoms in total. The molecule has 0 radical (unpaired) electrons. The minimum atomic E-state index is -0.636. The third kappa shape index (κ3) is 7.14. The summed E-state index contributed by atoms with van der Waals surface area (Å²) in [5, 5.41) is 23.4. The van der Waals surface area contributed by atoms with Gasteiger partial charge in [0.1, 0.15) is 0 Å². The van der Waals surface area contributed by atoms with Gasteiger partial charge in [-0.25, -0.2) is 0 Å². The molecule has 1 rings (SSSR count). The Kier molecular flexibility index (Phi) is 7.84. The average molecular weight is 298 g/mol. The zero-order chi connectivity index (χ0) is 15.7. The Balaban J connectivity index is 2.26. The number of aliphatic hydroxyl groups is 1. The van der Waals surface area contributed by atoms with Crippen molar-refractivity contribution in [2.45, 2.75) is 25.7 Å². The summed E-state index contributed by atoms with van der Waals surface area (Å²) >= 11 is 0. The summed E-state index contributed by atoms with van der Waals surface area (Å²) in [6.45, 7) is 3.36. The monoisotopic (exact) mass is 298 g/mol. The van der Waals surface area contributed by atoms with Crippen molar-refractivity contribution in [2.75, 3.05) is 26.9 Å². The maximum Gasteiger partial charge on any atom is 0.269 e. The zero-order valence-electron chi connectivity index (χ0n) is 12.3. The minimum Gasteiger partial charge on any atom is -0.389 e. The molecule has 0 amide bonds. The number of non-ortho nitro benzene ring substituents is 1. The van der Waals surface area contributed by atoms with Crippen LogP contribution in [-0.4, -0.2) is 49.1 Å². The summed E-state index contributed by atoms with van der Waals surface area (Å²) in [5.74, 6) is 0. The maximum absolute atomic E-state index is 10.7. The van der Waals surface area contributed by atoms with Crippen LogP contribution in [0, 0.1) is 10.1 Å². The van der Waals surface area contributed by atoms with Gasteiger partial charge in [0.15, 0.2) is 0 Å². The molecule has 0 bridgehead atoms. The van der Waals surface area contributed by atoms with Crippen molar-refractivity contribution in [3.8, 4) is 0 Å². The van der Waals surface area contributed by atoms with Crippen molar-refractivity contribution in [2.24, 2.45) is 0 Å². The highest BCUT2D eigenvalue weighted by molar-refractivity contribution is 5.34. The highest BCUT2D eigenvalue weighted by atomic mass is 16.6. The summed E-state index contributed by atoms with van der Waals surface area (Å²) in [6.07, 6.45) is -0.704. The van der Waals surface area contributed by atoms with E-state index in [1.165, 1.54) is 12.1 Å². The number of hydrogen-bond acceptors (Lipinski definition) is 6. The van der Waals surface area contributed by atoms with Gasteiger partial charge in [-0.15, -0.1) is 0 Å². The molecule has 0 aliphatic heterocycles. The Labute approximate surface area is 124 Å². The Bertz CT molecular complexity index is 441. The van der Waals surface area contributed by atoms with Crippen LogP contribution in [0.5, 0.6) is 0 Å².